The molecule has 196 valence electrons. The summed E-state index contributed by atoms with van der Waals surface area (Å²) in [5, 5.41) is 10.9. The van der Waals surface area contributed by atoms with E-state index in [2.05, 4.69) is 29.6 Å². The molecular weight excluding hydrogens is 464 g/mol. The third-order valence-electron chi connectivity index (χ3n) is 8.29. The number of carbonyl (C=O) groups excluding carboxylic acids is 2. The summed E-state index contributed by atoms with van der Waals surface area (Å²) in [5.41, 5.74) is 2.18. The third kappa shape index (κ3) is 5.39. The lowest BCUT2D eigenvalue weighted by atomic mass is 9.81. The molecular formula is C27H37F2N5O2. The number of hydrogen-bond acceptors (Lipinski definition) is 4. The van der Waals surface area contributed by atoms with Crippen molar-refractivity contribution in [2.45, 2.75) is 96.6 Å². The van der Waals surface area contributed by atoms with Gasteiger partial charge in [-0.25, -0.2) is 18.3 Å². The van der Waals surface area contributed by atoms with E-state index < -0.39 is 12.0 Å². The number of halogens is 2. The second kappa shape index (κ2) is 9.38. The minimum atomic E-state index is -2.64. The van der Waals surface area contributed by atoms with Crippen molar-refractivity contribution in [2.75, 3.05) is 0 Å². The Kier molecular flexibility index (Phi) is 6.53. The molecule has 2 amide bonds. The molecule has 5 rings (SSSR count). The zero-order chi connectivity index (χ0) is 25.7. The van der Waals surface area contributed by atoms with Crippen molar-refractivity contribution >= 4 is 17.5 Å². The van der Waals surface area contributed by atoms with Crippen LogP contribution in [0.15, 0.2) is 18.5 Å². The van der Waals surface area contributed by atoms with Crippen LogP contribution in [0.5, 0.6) is 0 Å². The molecule has 3 saturated carbocycles. The van der Waals surface area contributed by atoms with Gasteiger partial charge in [-0.15, -0.1) is 0 Å². The third-order valence-corrected chi connectivity index (χ3v) is 8.29. The van der Waals surface area contributed by atoms with Gasteiger partial charge in [0, 0.05) is 25.2 Å². The van der Waals surface area contributed by atoms with Gasteiger partial charge in [0.15, 0.2) is 5.65 Å². The SMILES string of the molecule is CCCC(=O)N[C@@H](c1cnn2cc([C@@H](NC(=O)C3CC3(C)C)C3CCC(F)(F)CC3)nc2c1)C1CC1. The first-order valence-electron chi connectivity index (χ1n) is 13.4. The molecule has 9 heteroatoms. The molecule has 36 heavy (non-hydrogen) atoms. The van der Waals surface area contributed by atoms with Crippen LogP contribution in [-0.2, 0) is 9.59 Å². The van der Waals surface area contributed by atoms with Crippen LogP contribution in [0.4, 0.5) is 8.78 Å². The number of aromatic nitrogens is 3. The summed E-state index contributed by atoms with van der Waals surface area (Å²) in [6, 6.07) is 1.43. The Balaban J connectivity index is 1.40. The van der Waals surface area contributed by atoms with Crippen LogP contribution in [0.2, 0.25) is 0 Å². The van der Waals surface area contributed by atoms with Gasteiger partial charge in [0.2, 0.25) is 17.7 Å². The highest BCUT2D eigenvalue weighted by atomic mass is 19.3. The van der Waals surface area contributed by atoms with Gasteiger partial charge < -0.3 is 10.6 Å². The summed E-state index contributed by atoms with van der Waals surface area (Å²) in [6.45, 7) is 6.12. The van der Waals surface area contributed by atoms with Crippen LogP contribution in [0.1, 0.15) is 102 Å². The molecule has 1 unspecified atom stereocenters. The van der Waals surface area contributed by atoms with Crippen molar-refractivity contribution in [1.29, 1.82) is 0 Å². The molecule has 7 nitrogen and oxygen atoms in total. The predicted molar refractivity (Wildman–Crippen MR) is 131 cm³/mol. The minimum absolute atomic E-state index is 0.0242. The van der Waals surface area contributed by atoms with Gasteiger partial charge in [0.25, 0.3) is 0 Å². The Morgan fingerprint density at radius 2 is 1.78 bits per heavy atom. The Labute approximate surface area is 210 Å². The fourth-order valence-corrected chi connectivity index (χ4v) is 5.60. The summed E-state index contributed by atoms with van der Waals surface area (Å²) in [5.74, 6) is -2.38. The van der Waals surface area contributed by atoms with E-state index in [4.69, 9.17) is 4.98 Å². The Hall–Kier alpha value is -2.58. The van der Waals surface area contributed by atoms with Gasteiger partial charge in [-0.3, -0.25) is 9.59 Å². The number of alkyl halides is 2. The monoisotopic (exact) mass is 501 g/mol. The molecule has 2 N–H and O–H groups in total. The maximum atomic E-state index is 13.9. The van der Waals surface area contributed by atoms with Crippen LogP contribution in [0, 0.1) is 23.2 Å². The number of nitrogens with zero attached hydrogens (tertiary/aromatic N) is 3. The highest BCUT2D eigenvalue weighted by Crippen LogP contribution is 2.52. The van der Waals surface area contributed by atoms with Crippen molar-refractivity contribution in [3.05, 3.63) is 29.7 Å². The van der Waals surface area contributed by atoms with Gasteiger partial charge in [-0.1, -0.05) is 20.8 Å². The molecule has 2 aromatic heterocycles. The standard InChI is InChI=1S/C27H37F2N5O2/c1-4-5-22(35)32-23(16-6-7-16)18-12-21-31-20(15-34(21)30-14-18)24(17-8-10-27(28,29)11-9-17)33-25(36)19-13-26(19,2)3/h12,14-17,19,23-24H,4-11,13H2,1-3H3,(H,32,35)(H,33,36)/t19?,23-,24+/m1/s1. The molecule has 3 fully saturated rings. The average molecular weight is 502 g/mol. The zero-order valence-electron chi connectivity index (χ0n) is 21.4. The van der Waals surface area contributed by atoms with Crippen LogP contribution < -0.4 is 10.6 Å². The maximum Gasteiger partial charge on any atom is 0.248 e. The van der Waals surface area contributed by atoms with E-state index in [1.165, 1.54) is 0 Å². The normalized spacial score (nSPS) is 24.8. The molecule has 0 aromatic carbocycles. The zero-order valence-corrected chi connectivity index (χ0v) is 21.4. The summed E-state index contributed by atoms with van der Waals surface area (Å²) >= 11 is 0. The summed E-state index contributed by atoms with van der Waals surface area (Å²) < 4.78 is 29.5. The number of fused-ring (bicyclic) bond motifs is 1. The molecule has 2 aromatic rings. The van der Waals surface area contributed by atoms with E-state index in [1.54, 1.807) is 16.9 Å². The molecule has 0 radical (unpaired) electrons. The lowest BCUT2D eigenvalue weighted by molar-refractivity contribution is -0.124. The van der Waals surface area contributed by atoms with Gasteiger partial charge >= 0.3 is 0 Å². The number of nitrogens with one attached hydrogen (secondary N) is 2. The lowest BCUT2D eigenvalue weighted by Gasteiger charge is -2.33. The molecule has 0 aliphatic heterocycles. The van der Waals surface area contributed by atoms with Crippen molar-refractivity contribution in [2.24, 2.45) is 23.2 Å². The lowest BCUT2D eigenvalue weighted by Crippen LogP contribution is -2.38. The summed E-state index contributed by atoms with van der Waals surface area (Å²) in [7, 11) is 0. The number of imidazole rings is 1. The van der Waals surface area contributed by atoms with E-state index in [0.717, 1.165) is 31.2 Å². The number of rotatable bonds is 9. The average Bonchev–Trinajstić information content (AvgIpc) is 3.72. The van der Waals surface area contributed by atoms with Crippen molar-refractivity contribution in [3.63, 3.8) is 0 Å². The number of hydrogen-bond donors (Lipinski definition) is 2. The molecule has 0 bridgehead atoms. The molecule has 3 aliphatic rings. The quantitative estimate of drug-likeness (QED) is 0.499. The number of carbonyl (C=O) groups is 2. The van der Waals surface area contributed by atoms with Crippen molar-refractivity contribution in [1.82, 2.24) is 25.2 Å². The van der Waals surface area contributed by atoms with Crippen LogP contribution in [0.3, 0.4) is 0 Å². The second-order valence-corrected chi connectivity index (χ2v) is 11.8. The van der Waals surface area contributed by atoms with Gasteiger partial charge in [0.05, 0.1) is 30.2 Å². The molecule has 3 aliphatic carbocycles. The summed E-state index contributed by atoms with van der Waals surface area (Å²) in [6.07, 6.45) is 8.17. The van der Waals surface area contributed by atoms with Gasteiger partial charge in [-0.2, -0.15) is 5.10 Å². The highest BCUT2D eigenvalue weighted by molar-refractivity contribution is 5.82. The van der Waals surface area contributed by atoms with E-state index >= 15 is 0 Å². The van der Waals surface area contributed by atoms with Crippen LogP contribution >= 0.6 is 0 Å². The Morgan fingerprint density at radius 1 is 1.11 bits per heavy atom. The minimum Gasteiger partial charge on any atom is -0.349 e. The Morgan fingerprint density at radius 3 is 2.39 bits per heavy atom. The van der Waals surface area contributed by atoms with Crippen molar-refractivity contribution in [3.8, 4) is 0 Å². The van der Waals surface area contributed by atoms with Gasteiger partial charge in [0.1, 0.15) is 0 Å². The maximum absolute atomic E-state index is 13.9. The van der Waals surface area contributed by atoms with E-state index in [-0.39, 0.29) is 47.9 Å². The first-order chi connectivity index (χ1) is 17.1. The van der Waals surface area contributed by atoms with Crippen LogP contribution in [0.25, 0.3) is 5.65 Å². The smallest absolute Gasteiger partial charge is 0.248 e. The number of amides is 2. The molecule has 0 saturated heterocycles. The summed E-state index contributed by atoms with van der Waals surface area (Å²) in [4.78, 5) is 30.1. The fourth-order valence-electron chi connectivity index (χ4n) is 5.60. The van der Waals surface area contributed by atoms with E-state index in [1.807, 2.05) is 13.0 Å². The topological polar surface area (TPSA) is 88.4 Å². The second-order valence-electron chi connectivity index (χ2n) is 11.8. The molecule has 0 spiro atoms. The highest BCUT2D eigenvalue weighted by Gasteiger charge is 2.51. The van der Waals surface area contributed by atoms with Gasteiger partial charge in [-0.05, 0) is 67.4 Å². The first-order valence-corrected chi connectivity index (χ1v) is 13.4. The molecule has 2 heterocycles. The van der Waals surface area contributed by atoms with Crippen molar-refractivity contribution < 1.29 is 18.4 Å². The largest absolute Gasteiger partial charge is 0.349 e. The van der Waals surface area contributed by atoms with Crippen LogP contribution in [-0.4, -0.2) is 32.3 Å². The Bertz CT molecular complexity index is 1130. The fraction of sp³-hybridized carbons (Fsp3) is 0.704. The van der Waals surface area contributed by atoms with E-state index in [9.17, 15) is 18.4 Å². The van der Waals surface area contributed by atoms with E-state index in [0.29, 0.717) is 36.5 Å². The molecule has 3 atom stereocenters. The predicted octanol–water partition coefficient (Wildman–Crippen LogP) is 5.13. The first kappa shape index (κ1) is 25.1.